The molecule has 0 radical (unpaired) electrons. The second-order valence-corrected chi connectivity index (χ2v) is 9.11. The molecular formula is C24H23ClF3N2P. The molecular weight excluding hydrogens is 440 g/mol. The number of rotatable bonds is 4. The minimum absolute atomic E-state index is 0.293. The molecule has 1 fully saturated rings. The molecule has 2 nitrogen and oxygen atoms in total. The average Bonchev–Trinajstić information content (AvgIpc) is 3.06. The van der Waals surface area contributed by atoms with Gasteiger partial charge in [-0.2, -0.15) is 13.2 Å². The van der Waals surface area contributed by atoms with E-state index in [4.69, 9.17) is 11.6 Å². The van der Waals surface area contributed by atoms with Crippen LogP contribution in [0.1, 0.15) is 23.6 Å². The molecule has 1 aliphatic carbocycles. The first-order valence-corrected chi connectivity index (χ1v) is 11.1. The normalized spacial score (nSPS) is 21.6. The van der Waals surface area contributed by atoms with Crippen LogP contribution in [0.4, 0.5) is 18.9 Å². The first-order chi connectivity index (χ1) is 14.7. The topological polar surface area (TPSA) is 6.48 Å². The second-order valence-electron chi connectivity index (χ2n) is 7.82. The number of halogens is 4. The molecule has 7 heteroatoms. The third-order valence-electron chi connectivity index (χ3n) is 5.63. The van der Waals surface area contributed by atoms with E-state index in [1.165, 1.54) is 17.7 Å². The van der Waals surface area contributed by atoms with Crippen molar-refractivity contribution in [1.29, 1.82) is 0 Å². The van der Waals surface area contributed by atoms with E-state index in [2.05, 4.69) is 38.9 Å². The first kappa shape index (κ1) is 22.0. The number of hydrogen-bond acceptors (Lipinski definition) is 2. The Morgan fingerprint density at radius 3 is 2.52 bits per heavy atom. The van der Waals surface area contributed by atoms with Gasteiger partial charge in [-0.05, 0) is 59.6 Å². The molecule has 0 amide bonds. The van der Waals surface area contributed by atoms with Crippen LogP contribution < -0.4 is 4.90 Å². The average molecular weight is 463 g/mol. The van der Waals surface area contributed by atoms with Crippen molar-refractivity contribution < 1.29 is 13.2 Å². The van der Waals surface area contributed by atoms with Gasteiger partial charge >= 0.3 is 6.18 Å². The van der Waals surface area contributed by atoms with E-state index >= 15 is 0 Å². The van der Waals surface area contributed by atoms with Crippen LogP contribution in [0.3, 0.4) is 0 Å². The highest BCUT2D eigenvalue weighted by atomic mass is 35.5. The number of benzene rings is 2. The first-order valence-electron chi connectivity index (χ1n) is 10.0. The molecule has 0 bridgehead atoms. The third-order valence-corrected chi connectivity index (χ3v) is 6.38. The van der Waals surface area contributed by atoms with Crippen LogP contribution in [-0.2, 0) is 6.18 Å². The van der Waals surface area contributed by atoms with Crippen molar-refractivity contribution in [2.75, 3.05) is 18.0 Å². The van der Waals surface area contributed by atoms with E-state index in [0.717, 1.165) is 24.0 Å². The fraction of sp³-hybridized carbons (Fsp3) is 0.250. The van der Waals surface area contributed by atoms with Crippen LogP contribution in [0.5, 0.6) is 0 Å². The van der Waals surface area contributed by atoms with Gasteiger partial charge in [0.1, 0.15) is 5.82 Å². The molecule has 1 saturated heterocycles. The quantitative estimate of drug-likeness (QED) is 0.460. The van der Waals surface area contributed by atoms with Crippen molar-refractivity contribution in [2.24, 2.45) is 0 Å². The molecule has 2 aromatic rings. The Morgan fingerprint density at radius 2 is 1.87 bits per heavy atom. The lowest BCUT2D eigenvalue weighted by atomic mass is 10.0. The lowest BCUT2D eigenvalue weighted by molar-refractivity contribution is -0.137. The highest BCUT2D eigenvalue weighted by molar-refractivity contribution is 7.17. The minimum atomic E-state index is -4.39. The Hall–Kier alpha value is -2.23. The van der Waals surface area contributed by atoms with Crippen LogP contribution in [0.15, 0.2) is 84.7 Å². The molecule has 31 heavy (non-hydrogen) atoms. The van der Waals surface area contributed by atoms with Crippen molar-refractivity contribution in [3.63, 3.8) is 0 Å². The number of alkyl halides is 3. The van der Waals surface area contributed by atoms with Gasteiger partial charge in [0.15, 0.2) is 0 Å². The maximum atomic E-state index is 13.3. The number of anilines is 1. The van der Waals surface area contributed by atoms with E-state index in [0.29, 0.717) is 29.3 Å². The van der Waals surface area contributed by atoms with Gasteiger partial charge in [0.2, 0.25) is 0 Å². The molecule has 1 aliphatic heterocycles. The third kappa shape index (κ3) is 4.83. The predicted octanol–water partition coefficient (Wildman–Crippen LogP) is 6.82. The highest BCUT2D eigenvalue weighted by Gasteiger charge is 2.37. The smallest absolute Gasteiger partial charge is 0.352 e. The van der Waals surface area contributed by atoms with Crippen LogP contribution in [0, 0.1) is 0 Å². The summed E-state index contributed by atoms with van der Waals surface area (Å²) in [6.45, 7) is 5.48. The fourth-order valence-corrected chi connectivity index (χ4v) is 4.38. The Balaban J connectivity index is 1.68. The minimum Gasteiger partial charge on any atom is -0.352 e. The number of allylic oxidation sites excluding steroid dienone is 2. The molecule has 0 aromatic heterocycles. The van der Waals surface area contributed by atoms with Crippen LogP contribution in [-0.4, -0.2) is 23.6 Å². The summed E-state index contributed by atoms with van der Waals surface area (Å²) in [6, 6.07) is 12.6. The van der Waals surface area contributed by atoms with Crippen LogP contribution in [0.2, 0.25) is 5.02 Å². The standard InChI is InChI=1S/C24H23ClF3N2P/c1-16-29(14-17-5-11-22(31)12-6-17)15-23(30(16)21-9-7-20(25)8-10-21)18-3-2-4-19(13-18)24(26,27)28/h2-11,13,22-23H,1,12,14-15,31H2/t22?,23-/m1/s1. The lowest BCUT2D eigenvalue weighted by Gasteiger charge is -2.28. The largest absolute Gasteiger partial charge is 0.416 e. The van der Waals surface area contributed by atoms with Gasteiger partial charge in [0, 0.05) is 23.8 Å². The molecule has 162 valence electrons. The van der Waals surface area contributed by atoms with E-state index < -0.39 is 11.7 Å². The second kappa shape index (κ2) is 8.72. The highest BCUT2D eigenvalue weighted by Crippen LogP contribution is 2.41. The molecule has 0 saturated carbocycles. The van der Waals surface area contributed by atoms with E-state index in [-0.39, 0.29) is 6.04 Å². The Kier molecular flexibility index (Phi) is 6.18. The van der Waals surface area contributed by atoms with Gasteiger partial charge in [0.05, 0.1) is 11.6 Å². The van der Waals surface area contributed by atoms with Crippen molar-refractivity contribution in [2.45, 2.75) is 24.3 Å². The van der Waals surface area contributed by atoms with Gasteiger partial charge < -0.3 is 9.80 Å². The van der Waals surface area contributed by atoms with Crippen molar-refractivity contribution >= 4 is 26.5 Å². The van der Waals surface area contributed by atoms with Gasteiger partial charge in [-0.3, -0.25) is 0 Å². The summed E-state index contributed by atoms with van der Waals surface area (Å²) < 4.78 is 40.0. The lowest BCUT2D eigenvalue weighted by Crippen LogP contribution is -2.24. The fourth-order valence-electron chi connectivity index (χ4n) is 4.01. The van der Waals surface area contributed by atoms with Crippen molar-refractivity contribution in [3.8, 4) is 0 Å². The summed E-state index contributed by atoms with van der Waals surface area (Å²) >= 11 is 6.06. The summed E-state index contributed by atoms with van der Waals surface area (Å²) in [5.74, 6) is 0.757. The summed E-state index contributed by atoms with van der Waals surface area (Å²) in [6.07, 6.45) is 3.03. The number of nitrogens with zero attached hydrogens (tertiary/aromatic N) is 2. The molecule has 3 atom stereocenters. The zero-order chi connectivity index (χ0) is 22.2. The van der Waals surface area contributed by atoms with Crippen molar-refractivity contribution in [1.82, 2.24) is 4.90 Å². The van der Waals surface area contributed by atoms with E-state index in [1.54, 1.807) is 18.2 Å². The SMILES string of the molecule is C=C1N(CC2=CCC(P)C=C2)C[C@H](c2cccc(C(F)(F)F)c2)N1c1ccc(Cl)cc1. The molecule has 2 unspecified atom stereocenters. The predicted molar refractivity (Wildman–Crippen MR) is 124 cm³/mol. The zero-order valence-electron chi connectivity index (χ0n) is 16.8. The zero-order valence-corrected chi connectivity index (χ0v) is 18.7. The Labute approximate surface area is 187 Å². The summed E-state index contributed by atoms with van der Waals surface area (Å²) in [5, 5.41) is 0.602. The molecule has 0 spiro atoms. The van der Waals surface area contributed by atoms with Crippen LogP contribution >= 0.6 is 20.8 Å². The summed E-state index contributed by atoms with van der Waals surface area (Å²) in [5.41, 5.74) is 2.42. The van der Waals surface area contributed by atoms with Crippen LogP contribution in [0.25, 0.3) is 0 Å². The molecule has 2 aliphatic rings. The Morgan fingerprint density at radius 1 is 1.13 bits per heavy atom. The maximum Gasteiger partial charge on any atom is 0.416 e. The van der Waals surface area contributed by atoms with Gasteiger partial charge in [-0.15, -0.1) is 9.24 Å². The van der Waals surface area contributed by atoms with Gasteiger partial charge in [-0.25, -0.2) is 0 Å². The maximum absolute atomic E-state index is 13.3. The Bertz CT molecular complexity index is 1030. The monoisotopic (exact) mass is 462 g/mol. The van der Waals surface area contributed by atoms with Gasteiger partial charge in [0.25, 0.3) is 0 Å². The number of hydrogen-bond donors (Lipinski definition) is 0. The molecule has 0 N–H and O–H groups in total. The van der Waals surface area contributed by atoms with Crippen molar-refractivity contribution in [3.05, 3.63) is 101 Å². The summed E-state index contributed by atoms with van der Waals surface area (Å²) in [4.78, 5) is 4.12. The van der Waals surface area contributed by atoms with Gasteiger partial charge in [-0.1, -0.05) is 48.5 Å². The van der Waals surface area contributed by atoms with E-state index in [1.807, 2.05) is 17.0 Å². The molecule has 1 heterocycles. The molecule has 2 aromatic carbocycles. The van der Waals surface area contributed by atoms with E-state index in [9.17, 15) is 13.2 Å². The summed E-state index contributed by atoms with van der Waals surface area (Å²) in [7, 11) is 2.80. The molecule has 4 rings (SSSR count).